The van der Waals surface area contributed by atoms with Gasteiger partial charge >= 0.3 is 0 Å². The minimum atomic E-state index is -0.526. The van der Waals surface area contributed by atoms with Crippen LogP contribution in [-0.4, -0.2) is 11.0 Å². The first-order chi connectivity index (χ1) is 5.83. The number of carbonyl (C=O) groups excluding carboxylic acids is 1. The van der Waals surface area contributed by atoms with Crippen molar-refractivity contribution in [2.24, 2.45) is 0 Å². The van der Waals surface area contributed by atoms with Crippen molar-refractivity contribution in [2.75, 3.05) is 0 Å². The summed E-state index contributed by atoms with van der Waals surface area (Å²) in [5.41, 5.74) is 0.689. The van der Waals surface area contributed by atoms with E-state index in [0.29, 0.717) is 5.56 Å². The second kappa shape index (κ2) is 2.65. The summed E-state index contributed by atoms with van der Waals surface area (Å²) in [4.78, 5) is 12.3. The first-order valence-electron chi connectivity index (χ1n) is 3.52. The van der Waals surface area contributed by atoms with Crippen molar-refractivity contribution in [1.29, 1.82) is 5.26 Å². The smallest absolute Gasteiger partial charge is 0.191 e. The standard InChI is InChI=1S/C9H5NOS/c10-5-8-9(11)6-3-1-2-4-7(6)12-8/h1-4,8H. The van der Waals surface area contributed by atoms with Gasteiger partial charge in [-0.3, -0.25) is 4.79 Å². The molecular weight excluding hydrogens is 170 g/mol. The van der Waals surface area contributed by atoms with Crippen LogP contribution in [0.15, 0.2) is 29.2 Å². The first kappa shape index (κ1) is 7.38. The highest BCUT2D eigenvalue weighted by Crippen LogP contribution is 2.35. The quantitative estimate of drug-likeness (QED) is 0.604. The maximum Gasteiger partial charge on any atom is 0.191 e. The van der Waals surface area contributed by atoms with E-state index in [-0.39, 0.29) is 5.78 Å². The Balaban J connectivity index is 2.51. The molecule has 1 atom stereocenters. The van der Waals surface area contributed by atoms with Crippen molar-refractivity contribution in [3.8, 4) is 6.07 Å². The number of hydrogen-bond donors (Lipinski definition) is 0. The zero-order chi connectivity index (χ0) is 8.55. The molecule has 0 radical (unpaired) electrons. The lowest BCUT2D eigenvalue weighted by Crippen LogP contribution is -2.07. The molecule has 0 aromatic heterocycles. The van der Waals surface area contributed by atoms with Crippen LogP contribution in [0, 0.1) is 11.3 Å². The topological polar surface area (TPSA) is 40.9 Å². The third kappa shape index (κ3) is 0.926. The summed E-state index contributed by atoms with van der Waals surface area (Å²) in [6.45, 7) is 0. The van der Waals surface area contributed by atoms with E-state index in [1.807, 2.05) is 24.3 Å². The summed E-state index contributed by atoms with van der Waals surface area (Å²) < 4.78 is 0. The molecule has 0 aliphatic carbocycles. The van der Waals surface area contributed by atoms with E-state index in [9.17, 15) is 4.79 Å². The van der Waals surface area contributed by atoms with Crippen molar-refractivity contribution in [2.45, 2.75) is 10.1 Å². The van der Waals surface area contributed by atoms with Gasteiger partial charge in [0.25, 0.3) is 0 Å². The van der Waals surface area contributed by atoms with Crippen LogP contribution in [0.5, 0.6) is 0 Å². The van der Waals surface area contributed by atoms with Crippen molar-refractivity contribution < 1.29 is 4.79 Å². The van der Waals surface area contributed by atoms with E-state index in [1.54, 1.807) is 6.07 Å². The molecular formula is C9H5NOS. The van der Waals surface area contributed by atoms with Gasteiger partial charge in [-0.1, -0.05) is 30.0 Å². The van der Waals surface area contributed by atoms with Crippen molar-refractivity contribution in [3.05, 3.63) is 29.8 Å². The number of carbonyl (C=O) groups is 1. The maximum absolute atomic E-state index is 11.4. The second-order valence-electron chi connectivity index (χ2n) is 2.49. The molecule has 0 bridgehead atoms. The predicted octanol–water partition coefficient (Wildman–Crippen LogP) is 1.87. The number of ketones is 1. The van der Waals surface area contributed by atoms with Gasteiger partial charge in [-0.2, -0.15) is 5.26 Å². The molecule has 0 saturated carbocycles. The van der Waals surface area contributed by atoms with Crippen LogP contribution in [0.4, 0.5) is 0 Å². The van der Waals surface area contributed by atoms with Crippen LogP contribution in [0.1, 0.15) is 10.4 Å². The third-order valence-corrected chi connectivity index (χ3v) is 2.92. The number of hydrogen-bond acceptors (Lipinski definition) is 3. The van der Waals surface area contributed by atoms with Gasteiger partial charge in [0.15, 0.2) is 11.0 Å². The Kier molecular flexibility index (Phi) is 1.63. The Morgan fingerprint density at radius 1 is 1.42 bits per heavy atom. The predicted molar refractivity (Wildman–Crippen MR) is 46.0 cm³/mol. The molecule has 2 rings (SSSR count). The number of fused-ring (bicyclic) bond motifs is 1. The largest absolute Gasteiger partial charge is 0.292 e. The molecule has 0 spiro atoms. The Morgan fingerprint density at radius 2 is 2.17 bits per heavy atom. The highest BCUT2D eigenvalue weighted by atomic mass is 32.2. The zero-order valence-corrected chi connectivity index (χ0v) is 6.97. The van der Waals surface area contributed by atoms with Crippen molar-refractivity contribution in [1.82, 2.24) is 0 Å². The molecule has 1 aliphatic heterocycles. The molecule has 1 heterocycles. The number of nitriles is 1. The van der Waals surface area contributed by atoms with Crippen LogP contribution in [0.2, 0.25) is 0 Å². The van der Waals surface area contributed by atoms with Gasteiger partial charge in [-0.15, -0.1) is 0 Å². The summed E-state index contributed by atoms with van der Waals surface area (Å²) >= 11 is 1.33. The van der Waals surface area contributed by atoms with E-state index in [2.05, 4.69) is 0 Å². The maximum atomic E-state index is 11.4. The summed E-state index contributed by atoms with van der Waals surface area (Å²) in [5.74, 6) is -0.0573. The Bertz CT molecular complexity index is 380. The Hall–Kier alpha value is -1.27. The fraction of sp³-hybridized carbons (Fsp3) is 0.111. The van der Waals surface area contributed by atoms with Crippen LogP contribution in [-0.2, 0) is 0 Å². The summed E-state index contributed by atoms with van der Waals surface area (Å²) in [6.07, 6.45) is 0. The fourth-order valence-electron chi connectivity index (χ4n) is 1.18. The molecule has 3 heteroatoms. The van der Waals surface area contributed by atoms with Crippen molar-refractivity contribution in [3.63, 3.8) is 0 Å². The van der Waals surface area contributed by atoms with Crippen LogP contribution in [0.25, 0.3) is 0 Å². The molecule has 58 valence electrons. The van der Waals surface area contributed by atoms with Gasteiger partial charge < -0.3 is 0 Å². The second-order valence-corrected chi connectivity index (χ2v) is 3.63. The minimum Gasteiger partial charge on any atom is -0.292 e. The normalized spacial score (nSPS) is 20.2. The zero-order valence-electron chi connectivity index (χ0n) is 6.15. The SMILES string of the molecule is N#CC1Sc2ccccc2C1=O. The number of benzene rings is 1. The summed E-state index contributed by atoms with van der Waals surface area (Å²) in [6, 6.07) is 9.30. The van der Waals surface area contributed by atoms with E-state index < -0.39 is 5.25 Å². The van der Waals surface area contributed by atoms with Gasteiger partial charge in [0, 0.05) is 10.5 Å². The Morgan fingerprint density at radius 3 is 2.83 bits per heavy atom. The van der Waals surface area contributed by atoms with E-state index in [1.165, 1.54) is 11.8 Å². The van der Waals surface area contributed by atoms with Gasteiger partial charge in [0.05, 0.1) is 6.07 Å². The van der Waals surface area contributed by atoms with Gasteiger partial charge in [0.1, 0.15) is 0 Å². The third-order valence-electron chi connectivity index (χ3n) is 1.75. The molecule has 0 fully saturated rings. The highest BCUT2D eigenvalue weighted by molar-refractivity contribution is 8.01. The van der Waals surface area contributed by atoms with E-state index >= 15 is 0 Å². The average molecular weight is 175 g/mol. The van der Waals surface area contributed by atoms with Gasteiger partial charge in [-0.05, 0) is 6.07 Å². The molecule has 1 aromatic carbocycles. The van der Waals surface area contributed by atoms with Crippen molar-refractivity contribution >= 4 is 17.5 Å². The van der Waals surface area contributed by atoms with Crippen LogP contribution >= 0.6 is 11.8 Å². The average Bonchev–Trinajstić information content (AvgIpc) is 2.44. The lowest BCUT2D eigenvalue weighted by molar-refractivity contribution is 0.100. The lowest BCUT2D eigenvalue weighted by Gasteiger charge is -1.90. The molecule has 1 aliphatic rings. The summed E-state index contributed by atoms with van der Waals surface area (Å²) in [5, 5.41) is 8.09. The number of Topliss-reactive ketones (excluding diaryl/α,β-unsaturated/α-hetero) is 1. The highest BCUT2D eigenvalue weighted by Gasteiger charge is 2.30. The lowest BCUT2D eigenvalue weighted by atomic mass is 10.1. The molecule has 2 nitrogen and oxygen atoms in total. The molecule has 1 unspecified atom stereocenters. The van der Waals surface area contributed by atoms with E-state index in [4.69, 9.17) is 5.26 Å². The van der Waals surface area contributed by atoms with Gasteiger partial charge in [0.2, 0.25) is 0 Å². The van der Waals surface area contributed by atoms with Crippen LogP contribution in [0.3, 0.4) is 0 Å². The van der Waals surface area contributed by atoms with Gasteiger partial charge in [-0.25, -0.2) is 0 Å². The molecule has 0 saturated heterocycles. The fourth-order valence-corrected chi connectivity index (χ4v) is 2.17. The number of rotatable bonds is 0. The Labute approximate surface area is 74.2 Å². The first-order valence-corrected chi connectivity index (χ1v) is 4.40. The van der Waals surface area contributed by atoms with Crippen LogP contribution < -0.4 is 0 Å². The number of thioether (sulfide) groups is 1. The minimum absolute atomic E-state index is 0.0573. The molecule has 1 aromatic rings. The number of nitrogens with zero attached hydrogens (tertiary/aromatic N) is 1. The molecule has 0 N–H and O–H groups in total. The molecule has 0 amide bonds. The monoisotopic (exact) mass is 175 g/mol. The summed E-state index contributed by atoms with van der Waals surface area (Å²) in [7, 11) is 0. The molecule has 12 heavy (non-hydrogen) atoms. The van der Waals surface area contributed by atoms with E-state index in [0.717, 1.165) is 4.90 Å².